The van der Waals surface area contributed by atoms with E-state index < -0.39 is 10.8 Å². The summed E-state index contributed by atoms with van der Waals surface area (Å²) in [5.74, 6) is 1.77. The van der Waals surface area contributed by atoms with E-state index in [4.69, 9.17) is 19.4 Å². The van der Waals surface area contributed by atoms with Crippen LogP contribution in [0.15, 0.2) is 508 Å². The molecule has 4 aliphatic rings. The van der Waals surface area contributed by atoms with Gasteiger partial charge in [0, 0.05) is 89.4 Å². The van der Waals surface area contributed by atoms with E-state index in [1.807, 2.05) is 22.7 Å². The number of hydrogen-bond acceptors (Lipinski definition) is 8. The maximum Gasteiger partial charge on any atom is 0.138 e. The minimum Gasteiger partial charge on any atom is -0.456 e. The molecule has 0 saturated carbocycles. The zero-order valence-electron chi connectivity index (χ0n) is 82.3. The summed E-state index contributed by atoms with van der Waals surface area (Å²) in [6.07, 6.45) is 2.19. The van der Waals surface area contributed by atoms with Gasteiger partial charge in [-0.1, -0.05) is 408 Å². The first-order valence-corrected chi connectivity index (χ1v) is 53.7. The van der Waals surface area contributed by atoms with Gasteiger partial charge in [-0.15, -0.1) is 22.7 Å². The summed E-state index contributed by atoms with van der Waals surface area (Å²) in [5, 5.41) is 20.6. The normalized spacial score (nSPS) is 13.6. The van der Waals surface area contributed by atoms with Gasteiger partial charge in [0.05, 0.1) is 56.2 Å². The lowest BCUT2D eigenvalue weighted by Gasteiger charge is -2.46. The average molecular weight is 1950 g/mol. The minimum atomic E-state index is -0.555. The lowest BCUT2D eigenvalue weighted by Crippen LogP contribution is -2.37. The number of pyridine rings is 3. The zero-order chi connectivity index (χ0) is 99.0. The largest absolute Gasteiger partial charge is 0.456 e. The van der Waals surface area contributed by atoms with Crippen molar-refractivity contribution in [3.05, 3.63) is 559 Å². The van der Waals surface area contributed by atoms with E-state index in [1.54, 1.807) is 0 Å². The van der Waals surface area contributed by atoms with Crippen LogP contribution in [0.5, 0.6) is 0 Å². The molecule has 0 amide bonds. The second-order valence-corrected chi connectivity index (χ2v) is 42.4. The van der Waals surface area contributed by atoms with Gasteiger partial charge >= 0.3 is 0 Å². The Bertz CT molecular complexity index is 9910. The van der Waals surface area contributed by atoms with Crippen molar-refractivity contribution in [2.45, 2.75) is 42.9 Å². The predicted molar refractivity (Wildman–Crippen MR) is 631 cm³/mol. The molecule has 704 valence electrons. The Labute approximate surface area is 875 Å². The molecule has 8 heterocycles. The molecule has 28 aromatic rings. The molecule has 0 saturated heterocycles. The maximum absolute atomic E-state index is 6.60. The standard InChI is InChI=1S/C50H32N2O.C50H30N2S.C42H31NS/c1-4-16-33(17-5-1)49-38-28-29-45-48(40-30-34-18-10-11-19-35(34)31-46(40)53-45)39(38)32-47(51-49)52-43-26-14-12-24-41(43)50(36-20-6-2-7-21-36,37-22-8-3-9-23-37)42-25-13-15-27-44(42)52;1-2-14-31(15-3-1)49-36-26-27-45-48(38-28-32-16-4-5-17-33(32)29-46(38)53-45)37(36)30-47(51-49)52-43-24-12-10-22-41(43)50(42-23-11-13-25-44(42)52)39-20-8-6-18-34(39)35-19-7-9-21-40(35)50;1-3-42(4-2)35-17-11-10-16-30(35)33-23-29(18-20-36(33)42)37-25-32(26-12-6-5-7-13-26)31-19-21-38-40(41(31)43-37)34-22-27-14-8-9-15-28(27)24-39(34)44-38/h1-32H;1-30H;5-25H,3-4H2,1-2H3. The number of aromatic nitrogens is 3. The van der Waals surface area contributed by atoms with Crippen molar-refractivity contribution in [2.24, 2.45) is 0 Å². The summed E-state index contributed by atoms with van der Waals surface area (Å²) in [5.41, 5.74) is 33.4. The fourth-order valence-electron chi connectivity index (χ4n) is 26.2. The van der Waals surface area contributed by atoms with E-state index >= 15 is 0 Å². The van der Waals surface area contributed by atoms with Gasteiger partial charge in [-0.05, 0) is 254 Å². The van der Waals surface area contributed by atoms with Crippen LogP contribution in [0.25, 0.3) is 194 Å². The van der Waals surface area contributed by atoms with Crippen LogP contribution in [0.3, 0.4) is 0 Å². The Morgan fingerprint density at radius 3 is 1.09 bits per heavy atom. The monoisotopic (exact) mass is 1950 g/mol. The highest BCUT2D eigenvalue weighted by atomic mass is 32.1. The van der Waals surface area contributed by atoms with E-state index in [0.29, 0.717) is 0 Å². The number of fused-ring (bicyclic) bond motifs is 32. The maximum atomic E-state index is 6.60. The molecule has 2 aliphatic carbocycles. The Balaban J connectivity index is 0.000000104. The topological polar surface area (TPSA) is 58.3 Å². The molecule has 8 heteroatoms. The molecule has 150 heavy (non-hydrogen) atoms. The van der Waals surface area contributed by atoms with Gasteiger partial charge in [0.2, 0.25) is 0 Å². The van der Waals surface area contributed by atoms with Gasteiger partial charge in [0.1, 0.15) is 22.8 Å². The number of thiophene rings is 2. The van der Waals surface area contributed by atoms with E-state index in [0.717, 1.165) is 124 Å². The first kappa shape index (κ1) is 87.1. The SMILES string of the molecule is CCC1(CC)c2ccccc2-c2cc(-c3cc(-c4ccccc4)c4ccc5sc6cc7ccccc7cc6c5c4n3)ccc21.c1ccc(-c2nc(N3c4ccccc4C(c4ccccc4)(c4ccccc4)c4ccccc43)cc3c2ccc2oc4cc5ccccc5cc4c23)cc1.c1ccc(-c2nc(N3c4ccccc4C4(c5ccccc5-c5ccccc54)c4ccccc43)cc3c2ccc2sc4cc5ccccc5cc4c23)cc1. The molecule has 2 aliphatic heterocycles. The molecular formula is C142H93N5OS2. The third-order valence-corrected chi connectivity index (χ3v) is 35.1. The Kier molecular flexibility index (Phi) is 20.0. The molecule has 0 N–H and O–H groups in total. The Hall–Kier alpha value is -18.3. The summed E-state index contributed by atoms with van der Waals surface area (Å²) in [7, 11) is 0. The van der Waals surface area contributed by atoms with Crippen molar-refractivity contribution in [2.75, 3.05) is 9.80 Å². The summed E-state index contributed by atoms with van der Waals surface area (Å²) >= 11 is 3.75. The van der Waals surface area contributed by atoms with Crippen LogP contribution in [0.1, 0.15) is 82.3 Å². The van der Waals surface area contributed by atoms with Gasteiger partial charge in [-0.3, -0.25) is 9.80 Å². The van der Waals surface area contributed by atoms with Gasteiger partial charge in [0.25, 0.3) is 0 Å². The van der Waals surface area contributed by atoms with Gasteiger partial charge in [-0.2, -0.15) is 0 Å². The number of para-hydroxylation sites is 4. The third-order valence-electron chi connectivity index (χ3n) is 32.8. The number of benzene rings is 22. The molecular weight excluding hydrogens is 1860 g/mol. The minimum absolute atomic E-state index is 0.0704. The molecule has 6 nitrogen and oxygen atoms in total. The van der Waals surface area contributed by atoms with E-state index in [2.05, 4.69) is 527 Å². The van der Waals surface area contributed by atoms with Crippen LogP contribution in [-0.2, 0) is 16.2 Å². The second-order valence-electron chi connectivity index (χ2n) is 40.3. The smallest absolute Gasteiger partial charge is 0.138 e. The number of furan rings is 1. The van der Waals surface area contributed by atoms with E-state index in [9.17, 15) is 0 Å². The fraction of sp³-hybridized carbons (Fsp3) is 0.0493. The highest BCUT2D eigenvalue weighted by Crippen LogP contribution is 2.65. The number of hydrogen-bond donors (Lipinski definition) is 0. The summed E-state index contributed by atoms with van der Waals surface area (Å²) in [6, 6.07) is 184. The molecule has 0 fully saturated rings. The molecule has 0 unspecified atom stereocenters. The summed E-state index contributed by atoms with van der Waals surface area (Å²) < 4.78 is 11.8. The summed E-state index contributed by atoms with van der Waals surface area (Å²) in [6.45, 7) is 4.67. The van der Waals surface area contributed by atoms with E-state index in [-0.39, 0.29) is 5.41 Å². The fourth-order valence-corrected chi connectivity index (χ4v) is 28.5. The van der Waals surface area contributed by atoms with Crippen molar-refractivity contribution >= 4 is 184 Å². The van der Waals surface area contributed by atoms with Crippen molar-refractivity contribution in [3.63, 3.8) is 0 Å². The van der Waals surface area contributed by atoms with Crippen molar-refractivity contribution in [1.82, 2.24) is 15.0 Å². The van der Waals surface area contributed by atoms with E-state index in [1.165, 1.54) is 173 Å². The van der Waals surface area contributed by atoms with Gasteiger partial charge < -0.3 is 4.42 Å². The second kappa shape index (κ2) is 34.4. The van der Waals surface area contributed by atoms with Crippen LogP contribution in [0.4, 0.5) is 34.4 Å². The first-order valence-electron chi connectivity index (χ1n) is 52.0. The van der Waals surface area contributed by atoms with Gasteiger partial charge in [-0.25, -0.2) is 15.0 Å². The lowest BCUT2D eigenvalue weighted by molar-refractivity contribution is 0.490. The number of rotatable bonds is 10. The van der Waals surface area contributed by atoms with Crippen molar-refractivity contribution in [3.8, 4) is 67.2 Å². The molecule has 32 rings (SSSR count). The van der Waals surface area contributed by atoms with Crippen LogP contribution < -0.4 is 9.80 Å². The van der Waals surface area contributed by atoms with Crippen LogP contribution >= 0.6 is 22.7 Å². The first-order chi connectivity index (χ1) is 74.3. The molecule has 0 radical (unpaired) electrons. The number of nitrogens with zero attached hydrogens (tertiary/aromatic N) is 5. The molecule has 22 aromatic carbocycles. The average Bonchev–Trinajstić information content (AvgIpc) is 1.60. The highest BCUT2D eigenvalue weighted by molar-refractivity contribution is 7.26. The Morgan fingerprint density at radius 2 is 0.600 bits per heavy atom. The third kappa shape index (κ3) is 13.0. The zero-order valence-corrected chi connectivity index (χ0v) is 83.9. The number of anilines is 6. The predicted octanol–water partition coefficient (Wildman–Crippen LogP) is 38.9. The summed E-state index contributed by atoms with van der Waals surface area (Å²) in [4.78, 5) is 21.6. The highest BCUT2D eigenvalue weighted by Gasteiger charge is 2.53. The van der Waals surface area contributed by atoms with Crippen molar-refractivity contribution < 1.29 is 4.42 Å². The van der Waals surface area contributed by atoms with Crippen LogP contribution in [0, 0.1) is 0 Å². The van der Waals surface area contributed by atoms with Crippen LogP contribution in [-0.4, -0.2) is 15.0 Å². The van der Waals surface area contributed by atoms with Gasteiger partial charge in [0.15, 0.2) is 0 Å². The quantitative estimate of drug-likeness (QED) is 0.136. The lowest BCUT2D eigenvalue weighted by atomic mass is 9.62. The molecule has 1 spiro atoms. The molecule has 0 bridgehead atoms. The molecule has 6 aromatic heterocycles. The Morgan fingerprint density at radius 1 is 0.227 bits per heavy atom. The van der Waals surface area contributed by atoms with Crippen LogP contribution in [0.2, 0.25) is 0 Å². The van der Waals surface area contributed by atoms with Crippen molar-refractivity contribution in [1.29, 1.82) is 0 Å². The molecule has 0 atom stereocenters.